The van der Waals surface area contributed by atoms with Crippen molar-refractivity contribution >= 4 is 27.3 Å². The van der Waals surface area contributed by atoms with Crippen LogP contribution in [-0.4, -0.2) is 14.3 Å². The number of nitrogens with two attached hydrogens (primary N) is 2. The van der Waals surface area contributed by atoms with Gasteiger partial charge in [0.05, 0.1) is 10.6 Å². The molecule has 8 heteroatoms. The molecule has 0 aliphatic heterocycles. The molecule has 0 saturated heterocycles. The van der Waals surface area contributed by atoms with Gasteiger partial charge in [-0.25, -0.2) is 17.9 Å². The van der Waals surface area contributed by atoms with Crippen LogP contribution in [0.4, 0.5) is 15.8 Å². The van der Waals surface area contributed by atoms with Gasteiger partial charge in [-0.15, -0.1) is 0 Å². The Morgan fingerprint density at radius 2 is 1.71 bits per heavy atom. The molecule has 2 aromatic carbocycles. The van der Waals surface area contributed by atoms with Crippen molar-refractivity contribution in [3.63, 3.8) is 0 Å². The van der Waals surface area contributed by atoms with Crippen LogP contribution in [0.3, 0.4) is 0 Å². The Morgan fingerprint density at radius 1 is 1.10 bits per heavy atom. The van der Waals surface area contributed by atoms with Gasteiger partial charge in [0.1, 0.15) is 5.82 Å². The number of hydrogen-bond acceptors (Lipinski definition) is 4. The third-order valence-electron chi connectivity index (χ3n) is 2.70. The van der Waals surface area contributed by atoms with Crippen LogP contribution in [0.1, 0.15) is 10.4 Å². The first kappa shape index (κ1) is 14.9. The SMILES string of the molecule is Nc1ccc(C(=O)Nc2ccc(S(N)(=O)=O)cc2)cc1F. The summed E-state index contributed by atoms with van der Waals surface area (Å²) in [6, 6.07) is 8.96. The summed E-state index contributed by atoms with van der Waals surface area (Å²) in [5.41, 5.74) is 5.72. The van der Waals surface area contributed by atoms with E-state index in [1.54, 1.807) is 0 Å². The Bertz CT molecular complexity index is 789. The molecule has 0 aliphatic carbocycles. The van der Waals surface area contributed by atoms with Crippen LogP contribution < -0.4 is 16.2 Å². The number of amides is 1. The molecule has 0 atom stereocenters. The van der Waals surface area contributed by atoms with E-state index in [2.05, 4.69) is 5.32 Å². The average molecular weight is 309 g/mol. The summed E-state index contributed by atoms with van der Waals surface area (Å²) in [5, 5.41) is 7.46. The summed E-state index contributed by atoms with van der Waals surface area (Å²) in [7, 11) is -3.79. The van der Waals surface area contributed by atoms with Gasteiger partial charge in [0.2, 0.25) is 10.0 Å². The summed E-state index contributed by atoms with van der Waals surface area (Å²) in [4.78, 5) is 11.8. The van der Waals surface area contributed by atoms with Crippen molar-refractivity contribution in [3.8, 4) is 0 Å². The normalized spacial score (nSPS) is 11.1. The minimum atomic E-state index is -3.79. The molecule has 0 fully saturated rings. The fourth-order valence-corrected chi connectivity index (χ4v) is 2.12. The molecule has 0 radical (unpaired) electrons. The largest absolute Gasteiger partial charge is 0.396 e. The maximum atomic E-state index is 13.3. The first-order valence-corrected chi connectivity index (χ1v) is 7.31. The summed E-state index contributed by atoms with van der Waals surface area (Å²) < 4.78 is 35.5. The lowest BCUT2D eigenvalue weighted by atomic mass is 10.2. The second-order valence-corrected chi connectivity index (χ2v) is 5.82. The van der Waals surface area contributed by atoms with Crippen LogP contribution in [0.5, 0.6) is 0 Å². The van der Waals surface area contributed by atoms with Crippen LogP contribution in [0, 0.1) is 5.82 Å². The van der Waals surface area contributed by atoms with Gasteiger partial charge in [0.15, 0.2) is 0 Å². The first-order valence-electron chi connectivity index (χ1n) is 5.76. The molecule has 2 aromatic rings. The number of rotatable bonds is 3. The molecule has 110 valence electrons. The maximum absolute atomic E-state index is 13.3. The smallest absolute Gasteiger partial charge is 0.255 e. The number of primary sulfonamides is 1. The van der Waals surface area contributed by atoms with E-state index >= 15 is 0 Å². The van der Waals surface area contributed by atoms with Crippen LogP contribution in [0.2, 0.25) is 0 Å². The van der Waals surface area contributed by atoms with Gasteiger partial charge < -0.3 is 11.1 Å². The molecule has 6 nitrogen and oxygen atoms in total. The van der Waals surface area contributed by atoms with Gasteiger partial charge in [0, 0.05) is 11.3 Å². The Morgan fingerprint density at radius 3 is 2.24 bits per heavy atom. The van der Waals surface area contributed by atoms with E-state index in [-0.39, 0.29) is 16.1 Å². The van der Waals surface area contributed by atoms with Crippen molar-refractivity contribution in [2.45, 2.75) is 4.90 Å². The van der Waals surface area contributed by atoms with Crippen LogP contribution in [0.25, 0.3) is 0 Å². The van der Waals surface area contributed by atoms with Crippen molar-refractivity contribution in [3.05, 3.63) is 53.8 Å². The molecule has 0 spiro atoms. The minimum Gasteiger partial charge on any atom is -0.396 e. The highest BCUT2D eigenvalue weighted by molar-refractivity contribution is 7.89. The third kappa shape index (κ3) is 3.56. The standard InChI is InChI=1S/C13H12FN3O3S/c14-11-7-8(1-6-12(11)15)13(18)17-9-2-4-10(5-3-9)21(16,19)20/h1-7H,15H2,(H,17,18)(H2,16,19,20). The number of benzene rings is 2. The van der Waals surface area contributed by atoms with Crippen LogP contribution >= 0.6 is 0 Å². The van der Waals surface area contributed by atoms with Crippen molar-refractivity contribution in [1.29, 1.82) is 0 Å². The number of nitrogens with one attached hydrogen (secondary N) is 1. The minimum absolute atomic E-state index is 0.0518. The first-order chi connectivity index (χ1) is 9.77. The quantitative estimate of drug-likeness (QED) is 0.741. The molecule has 0 bridgehead atoms. The lowest BCUT2D eigenvalue weighted by molar-refractivity contribution is 0.102. The summed E-state index contributed by atoms with van der Waals surface area (Å²) >= 11 is 0. The summed E-state index contributed by atoms with van der Waals surface area (Å²) in [5.74, 6) is -1.23. The van der Waals surface area contributed by atoms with Gasteiger partial charge in [-0.05, 0) is 42.5 Å². The fraction of sp³-hybridized carbons (Fsp3) is 0. The summed E-state index contributed by atoms with van der Waals surface area (Å²) in [6.45, 7) is 0. The molecule has 0 aromatic heterocycles. The zero-order chi connectivity index (χ0) is 15.6. The predicted octanol–water partition coefficient (Wildman–Crippen LogP) is 1.31. The average Bonchev–Trinajstić information content (AvgIpc) is 2.41. The zero-order valence-electron chi connectivity index (χ0n) is 10.7. The maximum Gasteiger partial charge on any atom is 0.255 e. The highest BCUT2D eigenvalue weighted by atomic mass is 32.2. The van der Waals surface area contributed by atoms with Crippen molar-refractivity contribution in [1.82, 2.24) is 0 Å². The van der Waals surface area contributed by atoms with E-state index in [9.17, 15) is 17.6 Å². The molecule has 5 N–H and O–H groups in total. The zero-order valence-corrected chi connectivity index (χ0v) is 11.5. The van der Waals surface area contributed by atoms with Crippen LogP contribution in [0.15, 0.2) is 47.4 Å². The van der Waals surface area contributed by atoms with Crippen molar-refractivity contribution in [2.24, 2.45) is 5.14 Å². The summed E-state index contributed by atoms with van der Waals surface area (Å²) in [6.07, 6.45) is 0. The Labute approximate surface area is 120 Å². The van der Waals surface area contributed by atoms with Gasteiger partial charge in [-0.3, -0.25) is 4.79 Å². The van der Waals surface area contributed by atoms with Gasteiger partial charge in [0.25, 0.3) is 5.91 Å². The van der Waals surface area contributed by atoms with E-state index in [4.69, 9.17) is 10.9 Å². The molecular weight excluding hydrogens is 297 g/mol. The number of carbonyl (C=O) groups excluding carboxylic acids is 1. The molecule has 0 aliphatic rings. The van der Waals surface area contributed by atoms with Gasteiger partial charge in [-0.2, -0.15) is 0 Å². The number of hydrogen-bond donors (Lipinski definition) is 3. The third-order valence-corrected chi connectivity index (χ3v) is 3.63. The lowest BCUT2D eigenvalue weighted by Gasteiger charge is -2.07. The van der Waals surface area contributed by atoms with E-state index in [1.165, 1.54) is 36.4 Å². The fourth-order valence-electron chi connectivity index (χ4n) is 1.60. The second kappa shape index (κ2) is 5.51. The molecule has 0 unspecified atom stereocenters. The Balaban J connectivity index is 2.18. The molecule has 0 saturated carbocycles. The van der Waals surface area contributed by atoms with Crippen molar-refractivity contribution < 1.29 is 17.6 Å². The van der Waals surface area contributed by atoms with Crippen molar-refractivity contribution in [2.75, 3.05) is 11.1 Å². The van der Waals surface area contributed by atoms with Gasteiger partial charge in [-0.1, -0.05) is 0 Å². The lowest BCUT2D eigenvalue weighted by Crippen LogP contribution is -2.14. The van der Waals surface area contributed by atoms with E-state index < -0.39 is 21.7 Å². The number of halogens is 1. The highest BCUT2D eigenvalue weighted by Gasteiger charge is 2.10. The van der Waals surface area contributed by atoms with E-state index in [0.29, 0.717) is 5.69 Å². The van der Waals surface area contributed by atoms with Gasteiger partial charge >= 0.3 is 0 Å². The Kier molecular flexibility index (Phi) is 3.92. The Hall–Kier alpha value is -2.45. The molecule has 21 heavy (non-hydrogen) atoms. The molecule has 2 rings (SSSR count). The number of nitrogen functional groups attached to an aromatic ring is 1. The predicted molar refractivity (Wildman–Crippen MR) is 76.6 cm³/mol. The second-order valence-electron chi connectivity index (χ2n) is 4.26. The van der Waals surface area contributed by atoms with E-state index in [0.717, 1.165) is 6.07 Å². The van der Waals surface area contributed by atoms with E-state index in [1.807, 2.05) is 0 Å². The molecule has 1 amide bonds. The monoisotopic (exact) mass is 309 g/mol. The number of carbonyl (C=O) groups is 1. The van der Waals surface area contributed by atoms with Crippen LogP contribution in [-0.2, 0) is 10.0 Å². The number of anilines is 2. The topological polar surface area (TPSA) is 115 Å². The molecule has 0 heterocycles. The highest BCUT2D eigenvalue weighted by Crippen LogP contribution is 2.16. The number of sulfonamides is 1. The molecular formula is C13H12FN3O3S.